The van der Waals surface area contributed by atoms with Crippen molar-refractivity contribution in [2.24, 2.45) is 7.05 Å². The van der Waals surface area contributed by atoms with E-state index in [4.69, 9.17) is 0 Å². The number of aryl methyl sites for hydroxylation is 1. The van der Waals surface area contributed by atoms with Crippen LogP contribution in [0.15, 0.2) is 54.6 Å². The highest BCUT2D eigenvalue weighted by molar-refractivity contribution is 6.26. The van der Waals surface area contributed by atoms with E-state index in [0.29, 0.717) is 0 Å². The molecule has 1 heterocycles. The zero-order valence-corrected chi connectivity index (χ0v) is 12.6. The van der Waals surface area contributed by atoms with Gasteiger partial charge in [-0.25, -0.2) is 0 Å². The zero-order chi connectivity index (χ0) is 14.7. The van der Waals surface area contributed by atoms with Gasteiger partial charge in [-0.15, -0.1) is 0 Å². The quantitative estimate of drug-likeness (QED) is 0.378. The van der Waals surface area contributed by atoms with Crippen molar-refractivity contribution in [2.75, 3.05) is 0 Å². The summed E-state index contributed by atoms with van der Waals surface area (Å²) >= 11 is 0. The van der Waals surface area contributed by atoms with Crippen molar-refractivity contribution in [3.05, 3.63) is 65.9 Å². The van der Waals surface area contributed by atoms with Crippen molar-refractivity contribution in [1.82, 2.24) is 4.57 Å². The average Bonchev–Trinajstić information content (AvgIpc) is 2.89. The predicted octanol–water partition coefficient (Wildman–Crippen LogP) is 5.44. The summed E-state index contributed by atoms with van der Waals surface area (Å²) in [6, 6.07) is 17.6. The van der Waals surface area contributed by atoms with E-state index in [1.54, 1.807) is 0 Å². The molecular formula is C21H17N. The molecule has 0 unspecified atom stereocenters. The molecule has 1 heteroatoms. The summed E-state index contributed by atoms with van der Waals surface area (Å²) in [6.07, 6.45) is 6.92. The second-order valence-electron chi connectivity index (χ2n) is 6.18. The fraction of sp³-hybridized carbons (Fsp3) is 0.143. The molecule has 0 atom stereocenters. The lowest BCUT2D eigenvalue weighted by molar-refractivity contribution is 0.826. The first-order chi connectivity index (χ1) is 10.9. The third-order valence-electron chi connectivity index (χ3n) is 5.06. The normalized spacial score (nSPS) is 14.0. The third kappa shape index (κ3) is 1.38. The van der Waals surface area contributed by atoms with Crippen molar-refractivity contribution < 1.29 is 0 Å². The van der Waals surface area contributed by atoms with Gasteiger partial charge in [-0.1, -0.05) is 60.7 Å². The van der Waals surface area contributed by atoms with Gasteiger partial charge in [0.25, 0.3) is 0 Å². The highest BCUT2D eigenvalue weighted by atomic mass is 15.0. The Labute approximate surface area is 129 Å². The number of hydrogen-bond donors (Lipinski definition) is 0. The van der Waals surface area contributed by atoms with Crippen LogP contribution in [0.4, 0.5) is 0 Å². The number of nitrogens with zero attached hydrogens (tertiary/aromatic N) is 1. The molecule has 0 spiro atoms. The molecule has 0 saturated heterocycles. The van der Waals surface area contributed by atoms with E-state index >= 15 is 0 Å². The number of allylic oxidation sites excluding steroid dienone is 1. The topological polar surface area (TPSA) is 4.93 Å². The van der Waals surface area contributed by atoms with Crippen LogP contribution in [0.1, 0.15) is 17.7 Å². The molecule has 0 amide bonds. The number of benzene rings is 3. The Morgan fingerprint density at radius 2 is 1.45 bits per heavy atom. The Morgan fingerprint density at radius 3 is 2.23 bits per heavy atom. The minimum atomic E-state index is 1.14. The van der Waals surface area contributed by atoms with E-state index < -0.39 is 0 Å². The van der Waals surface area contributed by atoms with Crippen molar-refractivity contribution in [2.45, 2.75) is 12.8 Å². The van der Waals surface area contributed by atoms with E-state index in [2.05, 4.69) is 72.3 Å². The molecule has 0 N–H and O–H groups in total. The van der Waals surface area contributed by atoms with Gasteiger partial charge >= 0.3 is 0 Å². The molecule has 0 radical (unpaired) electrons. The summed E-state index contributed by atoms with van der Waals surface area (Å²) in [4.78, 5) is 0. The Morgan fingerprint density at radius 1 is 0.818 bits per heavy atom. The molecule has 0 aliphatic heterocycles. The van der Waals surface area contributed by atoms with Gasteiger partial charge in [-0.3, -0.25) is 0 Å². The Kier molecular flexibility index (Phi) is 2.32. The van der Waals surface area contributed by atoms with Crippen LogP contribution in [-0.4, -0.2) is 4.57 Å². The molecule has 1 aromatic heterocycles. The summed E-state index contributed by atoms with van der Waals surface area (Å²) in [5, 5.41) is 6.87. The van der Waals surface area contributed by atoms with Crippen LogP contribution in [-0.2, 0) is 13.5 Å². The number of aromatic nitrogens is 1. The fourth-order valence-corrected chi connectivity index (χ4v) is 4.11. The smallest absolute Gasteiger partial charge is 0.0572 e. The zero-order valence-electron chi connectivity index (χ0n) is 12.6. The first-order valence-electron chi connectivity index (χ1n) is 7.93. The minimum absolute atomic E-state index is 1.14. The van der Waals surface area contributed by atoms with E-state index in [9.17, 15) is 0 Å². The van der Waals surface area contributed by atoms with Gasteiger partial charge in [-0.05, 0) is 29.0 Å². The molecule has 3 aromatic carbocycles. The van der Waals surface area contributed by atoms with Gasteiger partial charge in [-0.2, -0.15) is 0 Å². The van der Waals surface area contributed by atoms with Crippen LogP contribution in [0.5, 0.6) is 0 Å². The van der Waals surface area contributed by atoms with Crippen molar-refractivity contribution >= 4 is 38.5 Å². The summed E-state index contributed by atoms with van der Waals surface area (Å²) < 4.78 is 2.42. The van der Waals surface area contributed by atoms with Gasteiger partial charge < -0.3 is 4.57 Å². The standard InChI is InChI=1S/C21H17N/c1-22-19-13-7-6-12-18(19)20-16-10-4-2-8-14(16)15-9-3-5-11-17(15)21(20)22/h2-6,8-12H,7,13H2,1H3. The molecule has 106 valence electrons. The van der Waals surface area contributed by atoms with Crippen LogP contribution >= 0.6 is 0 Å². The Balaban J connectivity index is 2.19. The number of hydrogen-bond acceptors (Lipinski definition) is 0. The molecule has 1 aliphatic rings. The Bertz CT molecular complexity index is 1080. The molecule has 5 rings (SSSR count). The average molecular weight is 283 g/mol. The molecule has 0 saturated carbocycles. The molecule has 0 bridgehead atoms. The summed E-state index contributed by atoms with van der Waals surface area (Å²) in [7, 11) is 2.22. The molecule has 1 aliphatic carbocycles. The summed E-state index contributed by atoms with van der Waals surface area (Å²) in [6.45, 7) is 0. The predicted molar refractivity (Wildman–Crippen MR) is 95.3 cm³/mol. The van der Waals surface area contributed by atoms with E-state index in [1.807, 2.05) is 0 Å². The maximum atomic E-state index is 2.42. The molecule has 0 fully saturated rings. The highest BCUT2D eigenvalue weighted by Gasteiger charge is 2.19. The van der Waals surface area contributed by atoms with Crippen LogP contribution < -0.4 is 0 Å². The molecule has 22 heavy (non-hydrogen) atoms. The second-order valence-corrected chi connectivity index (χ2v) is 6.18. The van der Waals surface area contributed by atoms with Gasteiger partial charge in [0.05, 0.1) is 5.52 Å². The second kappa shape index (κ2) is 4.23. The largest absolute Gasteiger partial charge is 0.347 e. The maximum absolute atomic E-state index is 2.42. The van der Waals surface area contributed by atoms with E-state index in [0.717, 1.165) is 12.8 Å². The van der Waals surface area contributed by atoms with Crippen LogP contribution in [0.25, 0.3) is 38.5 Å². The van der Waals surface area contributed by atoms with Crippen molar-refractivity contribution in [3.63, 3.8) is 0 Å². The molecule has 1 nitrogen and oxygen atoms in total. The first-order valence-corrected chi connectivity index (χ1v) is 7.93. The molecule has 4 aromatic rings. The van der Waals surface area contributed by atoms with Gasteiger partial charge in [0.15, 0.2) is 0 Å². The third-order valence-corrected chi connectivity index (χ3v) is 5.06. The number of rotatable bonds is 0. The van der Waals surface area contributed by atoms with Gasteiger partial charge in [0.1, 0.15) is 0 Å². The first kappa shape index (κ1) is 12.0. The minimum Gasteiger partial charge on any atom is -0.347 e. The van der Waals surface area contributed by atoms with Crippen molar-refractivity contribution in [1.29, 1.82) is 0 Å². The molecular weight excluding hydrogens is 266 g/mol. The SMILES string of the molecule is Cn1c2c(c3c4ccccc4c4ccccc4c31)C=CCC2. The van der Waals surface area contributed by atoms with Gasteiger partial charge in [0, 0.05) is 29.1 Å². The maximum Gasteiger partial charge on any atom is 0.0572 e. The van der Waals surface area contributed by atoms with Crippen LogP contribution in [0.3, 0.4) is 0 Å². The Hall–Kier alpha value is -2.54. The van der Waals surface area contributed by atoms with E-state index in [-0.39, 0.29) is 0 Å². The van der Waals surface area contributed by atoms with E-state index in [1.165, 1.54) is 43.7 Å². The lowest BCUT2D eigenvalue weighted by Gasteiger charge is -2.09. The lowest BCUT2D eigenvalue weighted by Crippen LogP contribution is -1.99. The summed E-state index contributed by atoms with van der Waals surface area (Å²) in [5.74, 6) is 0. The van der Waals surface area contributed by atoms with Crippen LogP contribution in [0, 0.1) is 0 Å². The lowest BCUT2D eigenvalue weighted by atomic mass is 9.94. The fourth-order valence-electron chi connectivity index (χ4n) is 4.11. The highest BCUT2D eigenvalue weighted by Crippen LogP contribution is 2.40. The van der Waals surface area contributed by atoms with Gasteiger partial charge in [0.2, 0.25) is 0 Å². The number of fused-ring (bicyclic) bond motifs is 8. The monoisotopic (exact) mass is 283 g/mol. The van der Waals surface area contributed by atoms with Crippen molar-refractivity contribution in [3.8, 4) is 0 Å². The van der Waals surface area contributed by atoms with Crippen LogP contribution in [0.2, 0.25) is 0 Å². The summed E-state index contributed by atoms with van der Waals surface area (Å²) in [5.41, 5.74) is 4.27.